The number of fused-ring (bicyclic) bond motifs is 2. The molecule has 258 valence electrons. The number of carbonyl (C=O) groups excluding carboxylic acids is 1. The lowest BCUT2D eigenvalue weighted by Gasteiger charge is -2.48. The molecule has 3 atom stereocenters. The Morgan fingerprint density at radius 1 is 0.960 bits per heavy atom. The molecule has 4 aromatic carbocycles. The van der Waals surface area contributed by atoms with Crippen LogP contribution >= 0.6 is 0 Å². The van der Waals surface area contributed by atoms with Crippen molar-refractivity contribution in [3.05, 3.63) is 125 Å². The van der Waals surface area contributed by atoms with Gasteiger partial charge in [0.15, 0.2) is 0 Å². The largest absolute Gasteiger partial charge is 0.490 e. The number of carbonyl (C=O) groups is 1. The van der Waals surface area contributed by atoms with Gasteiger partial charge in [-0.05, 0) is 87.4 Å². The summed E-state index contributed by atoms with van der Waals surface area (Å²) < 4.78 is 12.7. The van der Waals surface area contributed by atoms with Crippen molar-refractivity contribution in [2.75, 3.05) is 6.54 Å². The van der Waals surface area contributed by atoms with Crippen molar-refractivity contribution < 1.29 is 19.4 Å². The second-order valence-electron chi connectivity index (χ2n) is 14.1. The van der Waals surface area contributed by atoms with E-state index in [1.54, 1.807) is 0 Å². The molecule has 1 saturated carbocycles. The summed E-state index contributed by atoms with van der Waals surface area (Å²) in [4.78, 5) is 19.3. The molecule has 1 spiro atoms. The van der Waals surface area contributed by atoms with Crippen molar-refractivity contribution >= 4 is 16.8 Å². The Hall–Kier alpha value is -4.72. The zero-order chi connectivity index (χ0) is 34.7. The normalized spacial score (nSPS) is 17.4. The molecule has 2 heterocycles. The highest BCUT2D eigenvalue weighted by Crippen LogP contribution is 2.49. The molecule has 5 aromatic rings. The van der Waals surface area contributed by atoms with Crippen LogP contribution in [0.25, 0.3) is 22.2 Å². The van der Waals surface area contributed by atoms with E-state index >= 15 is 0 Å². The lowest BCUT2D eigenvalue weighted by molar-refractivity contribution is -0.0382. The summed E-state index contributed by atoms with van der Waals surface area (Å²) in [6, 6.07) is 33.3. The predicted octanol–water partition coefficient (Wildman–Crippen LogP) is 7.99. The van der Waals surface area contributed by atoms with Crippen LogP contribution in [0.3, 0.4) is 0 Å². The van der Waals surface area contributed by atoms with E-state index in [0.717, 1.165) is 53.5 Å². The summed E-state index contributed by atoms with van der Waals surface area (Å²) in [5.74, 6) is 1.39. The Morgan fingerprint density at radius 2 is 1.72 bits per heavy atom. The fourth-order valence-electron chi connectivity index (χ4n) is 7.34. The van der Waals surface area contributed by atoms with Gasteiger partial charge in [-0.2, -0.15) is 0 Å². The van der Waals surface area contributed by atoms with Gasteiger partial charge in [-0.1, -0.05) is 79.7 Å². The molecular weight excluding hydrogens is 622 g/mol. The van der Waals surface area contributed by atoms with Gasteiger partial charge >= 0.3 is 0 Å². The number of aryl methyl sites for hydroxylation is 1. The number of benzene rings is 4. The highest BCUT2D eigenvalue weighted by Gasteiger charge is 2.45. The monoisotopic (exact) mass is 669 g/mol. The maximum atomic E-state index is 14.4. The van der Waals surface area contributed by atoms with Gasteiger partial charge in [-0.3, -0.25) is 4.79 Å². The zero-order valence-corrected chi connectivity index (χ0v) is 29.2. The number of amides is 1. The molecule has 1 amide bonds. The summed E-state index contributed by atoms with van der Waals surface area (Å²) in [5, 5.41) is 19.6. The SMILES string of the molecule is CCc1ccc2c(c1)[C@@H](NC[C@@H](O)[C@H](Cc1ccccc1)NC(=O)c1cc(-c3ccccc3OC(C)C)nc3ccccc13)CC1(CCC1)O2. The van der Waals surface area contributed by atoms with Crippen molar-refractivity contribution in [1.29, 1.82) is 0 Å². The number of ether oxygens (including phenoxy) is 2. The summed E-state index contributed by atoms with van der Waals surface area (Å²) >= 11 is 0. The van der Waals surface area contributed by atoms with E-state index in [1.807, 2.05) is 98.8 Å². The van der Waals surface area contributed by atoms with E-state index in [9.17, 15) is 9.90 Å². The average molecular weight is 670 g/mol. The van der Waals surface area contributed by atoms with Gasteiger partial charge in [0.1, 0.15) is 17.1 Å². The van der Waals surface area contributed by atoms with E-state index in [-0.39, 0.29) is 23.7 Å². The average Bonchev–Trinajstić information content (AvgIpc) is 3.12. The van der Waals surface area contributed by atoms with E-state index in [0.29, 0.717) is 35.5 Å². The lowest BCUT2D eigenvalue weighted by atomic mass is 9.72. The van der Waals surface area contributed by atoms with Crippen LogP contribution in [-0.4, -0.2) is 46.4 Å². The van der Waals surface area contributed by atoms with Crippen LogP contribution in [0.15, 0.2) is 103 Å². The van der Waals surface area contributed by atoms with E-state index in [1.165, 1.54) is 12.0 Å². The van der Waals surface area contributed by atoms with Crippen molar-refractivity contribution in [3.63, 3.8) is 0 Å². The van der Waals surface area contributed by atoms with Crippen LogP contribution in [0.5, 0.6) is 11.5 Å². The van der Waals surface area contributed by atoms with Gasteiger partial charge < -0.3 is 25.2 Å². The number of hydrogen-bond acceptors (Lipinski definition) is 6. The summed E-state index contributed by atoms with van der Waals surface area (Å²) in [5.41, 5.74) is 6.00. The summed E-state index contributed by atoms with van der Waals surface area (Å²) in [6.07, 6.45) is 4.68. The Morgan fingerprint density at radius 3 is 2.48 bits per heavy atom. The number of aromatic nitrogens is 1. The number of hydrogen-bond donors (Lipinski definition) is 3. The molecule has 1 fully saturated rings. The molecule has 0 saturated heterocycles. The first-order valence-corrected chi connectivity index (χ1v) is 18.0. The molecule has 7 nitrogen and oxygen atoms in total. The van der Waals surface area contributed by atoms with Crippen molar-refractivity contribution in [1.82, 2.24) is 15.6 Å². The minimum Gasteiger partial charge on any atom is -0.490 e. The maximum Gasteiger partial charge on any atom is 0.252 e. The summed E-state index contributed by atoms with van der Waals surface area (Å²) in [7, 11) is 0. The second kappa shape index (κ2) is 14.6. The third kappa shape index (κ3) is 7.25. The smallest absolute Gasteiger partial charge is 0.252 e. The molecule has 7 heteroatoms. The number of nitrogens with one attached hydrogen (secondary N) is 2. The van der Waals surface area contributed by atoms with Crippen LogP contribution in [0.4, 0.5) is 0 Å². The Kier molecular flexibility index (Phi) is 9.88. The number of aliphatic hydroxyl groups is 1. The van der Waals surface area contributed by atoms with Gasteiger partial charge in [0.25, 0.3) is 5.91 Å². The van der Waals surface area contributed by atoms with Crippen molar-refractivity contribution in [3.8, 4) is 22.8 Å². The third-order valence-electron chi connectivity index (χ3n) is 10.2. The number of pyridine rings is 1. The molecule has 2 aliphatic rings. The maximum absolute atomic E-state index is 14.4. The van der Waals surface area contributed by atoms with E-state index < -0.39 is 12.1 Å². The van der Waals surface area contributed by atoms with Gasteiger partial charge in [-0.25, -0.2) is 4.98 Å². The fourth-order valence-corrected chi connectivity index (χ4v) is 7.34. The fraction of sp³-hybridized carbons (Fsp3) is 0.349. The van der Waals surface area contributed by atoms with Crippen LogP contribution < -0.4 is 20.1 Å². The van der Waals surface area contributed by atoms with Crippen LogP contribution in [-0.2, 0) is 12.8 Å². The number of rotatable bonds is 12. The molecular formula is C43H47N3O4. The highest BCUT2D eigenvalue weighted by molar-refractivity contribution is 6.07. The first-order chi connectivity index (χ1) is 24.3. The van der Waals surface area contributed by atoms with Crippen molar-refractivity contribution in [2.45, 2.75) is 89.2 Å². The highest BCUT2D eigenvalue weighted by atomic mass is 16.5. The Bertz CT molecular complexity index is 1960. The standard InChI is InChI=1S/C43H47N3O4/c1-4-29-19-20-41-34(23-29)38(26-43(50-41)21-12-22-43)44-27-39(47)37(24-30-13-6-5-7-14-30)46-42(48)33-25-36(45-35-17-10-8-15-31(33)35)32-16-9-11-18-40(32)49-28(2)3/h5-11,13-20,23,25,28,37-39,44,47H,4,12,21-22,24,26-27H2,1-3H3,(H,46,48)/t37-,38-,39+/m0/s1. The molecule has 0 unspecified atom stereocenters. The number of para-hydroxylation sites is 2. The molecule has 0 radical (unpaired) electrons. The molecule has 1 aliphatic heterocycles. The molecule has 1 aliphatic carbocycles. The Balaban J connectivity index is 1.17. The quantitative estimate of drug-likeness (QED) is 0.125. The first-order valence-electron chi connectivity index (χ1n) is 18.0. The van der Waals surface area contributed by atoms with Gasteiger partial charge in [0, 0.05) is 35.5 Å². The second-order valence-corrected chi connectivity index (χ2v) is 14.1. The minimum absolute atomic E-state index is 0.0178. The van der Waals surface area contributed by atoms with Crippen LogP contribution in [0, 0.1) is 0 Å². The van der Waals surface area contributed by atoms with Gasteiger partial charge in [0.2, 0.25) is 0 Å². The van der Waals surface area contributed by atoms with Crippen LogP contribution in [0.2, 0.25) is 0 Å². The van der Waals surface area contributed by atoms with Crippen LogP contribution in [0.1, 0.15) is 79.5 Å². The van der Waals surface area contributed by atoms with E-state index in [2.05, 4.69) is 35.8 Å². The topological polar surface area (TPSA) is 92.7 Å². The minimum atomic E-state index is -0.857. The number of aliphatic hydroxyl groups excluding tert-OH is 1. The molecule has 50 heavy (non-hydrogen) atoms. The predicted molar refractivity (Wildman–Crippen MR) is 199 cm³/mol. The summed E-state index contributed by atoms with van der Waals surface area (Å²) in [6.45, 7) is 6.46. The lowest BCUT2D eigenvalue weighted by Crippen LogP contribution is -2.52. The zero-order valence-electron chi connectivity index (χ0n) is 29.2. The molecule has 3 N–H and O–H groups in total. The van der Waals surface area contributed by atoms with Crippen molar-refractivity contribution in [2.24, 2.45) is 0 Å². The molecule has 1 aromatic heterocycles. The third-order valence-corrected chi connectivity index (χ3v) is 10.2. The van der Waals surface area contributed by atoms with Gasteiger partial charge in [-0.15, -0.1) is 0 Å². The molecule has 7 rings (SSSR count). The van der Waals surface area contributed by atoms with E-state index in [4.69, 9.17) is 14.5 Å². The molecule has 0 bridgehead atoms. The van der Waals surface area contributed by atoms with Gasteiger partial charge in [0.05, 0.1) is 35.0 Å². The number of nitrogens with zero attached hydrogens (tertiary/aromatic N) is 1. The first kappa shape index (κ1) is 33.8. The Labute approximate surface area is 295 Å².